The highest BCUT2D eigenvalue weighted by molar-refractivity contribution is 5.99. The molecule has 0 amide bonds. The summed E-state index contributed by atoms with van der Waals surface area (Å²) in [5.74, 6) is -1.37. The summed E-state index contributed by atoms with van der Waals surface area (Å²) in [5, 5.41) is 29.8. The first kappa shape index (κ1) is 22.6. The maximum atomic E-state index is 13.6. The molecule has 2 atom stereocenters. The van der Waals surface area contributed by atoms with Crippen molar-refractivity contribution >= 4 is 22.9 Å². The number of pyridine rings is 1. The number of para-hydroxylation sites is 1. The second-order valence-electron chi connectivity index (χ2n) is 7.88. The van der Waals surface area contributed by atoms with E-state index in [1.165, 1.54) is 18.2 Å². The first-order valence-corrected chi connectivity index (χ1v) is 10.2. The van der Waals surface area contributed by atoms with Gasteiger partial charge in [0.1, 0.15) is 5.82 Å². The molecule has 1 aromatic heterocycles. The summed E-state index contributed by atoms with van der Waals surface area (Å²) in [6.07, 6.45) is 0.601. The Hall–Kier alpha value is -3.09. The summed E-state index contributed by atoms with van der Waals surface area (Å²) >= 11 is 0. The molecule has 0 radical (unpaired) electrons. The lowest BCUT2D eigenvalue weighted by atomic mass is 9.90. The third-order valence-electron chi connectivity index (χ3n) is 5.05. The van der Waals surface area contributed by atoms with Crippen LogP contribution < -0.4 is 0 Å². The number of hydrogen-bond acceptors (Lipinski definition) is 4. The van der Waals surface area contributed by atoms with Gasteiger partial charge in [-0.1, -0.05) is 56.3 Å². The molecular weight excluding hydrogens is 397 g/mol. The van der Waals surface area contributed by atoms with Crippen molar-refractivity contribution in [3.05, 3.63) is 71.7 Å². The number of aliphatic hydroxyl groups is 2. The molecule has 0 aliphatic carbocycles. The third kappa shape index (κ3) is 5.54. The van der Waals surface area contributed by atoms with E-state index in [2.05, 4.69) is 0 Å². The minimum atomic E-state index is -1.15. The van der Waals surface area contributed by atoms with Gasteiger partial charge in [-0.25, -0.2) is 4.39 Å². The molecule has 0 saturated carbocycles. The summed E-state index contributed by atoms with van der Waals surface area (Å²) in [5.41, 5.74) is 4.14. The molecule has 1 unspecified atom stereocenters. The predicted molar refractivity (Wildman–Crippen MR) is 119 cm³/mol. The fraction of sp³-hybridized carbons (Fsp3) is 0.280. The van der Waals surface area contributed by atoms with Crippen molar-refractivity contribution in [3.8, 4) is 11.1 Å². The van der Waals surface area contributed by atoms with Gasteiger partial charge in [0.05, 0.1) is 29.8 Å². The fourth-order valence-corrected chi connectivity index (χ4v) is 3.63. The highest BCUT2D eigenvalue weighted by Gasteiger charge is 2.18. The summed E-state index contributed by atoms with van der Waals surface area (Å²) in [6.45, 7) is 4.05. The van der Waals surface area contributed by atoms with Crippen molar-refractivity contribution in [1.29, 1.82) is 0 Å². The van der Waals surface area contributed by atoms with Crippen molar-refractivity contribution in [2.24, 2.45) is 0 Å². The van der Waals surface area contributed by atoms with Crippen LogP contribution in [0.25, 0.3) is 28.1 Å². The minimum absolute atomic E-state index is 0.0817. The van der Waals surface area contributed by atoms with E-state index in [9.17, 15) is 19.4 Å². The van der Waals surface area contributed by atoms with E-state index in [1.54, 1.807) is 18.2 Å². The fourth-order valence-electron chi connectivity index (χ4n) is 3.63. The molecule has 31 heavy (non-hydrogen) atoms. The van der Waals surface area contributed by atoms with E-state index in [0.717, 1.165) is 33.3 Å². The van der Waals surface area contributed by atoms with E-state index in [-0.39, 0.29) is 18.2 Å². The molecule has 162 valence electrons. The van der Waals surface area contributed by atoms with Crippen molar-refractivity contribution in [1.82, 2.24) is 4.98 Å². The smallest absolute Gasteiger partial charge is 0.305 e. The van der Waals surface area contributed by atoms with Gasteiger partial charge < -0.3 is 15.3 Å². The van der Waals surface area contributed by atoms with Gasteiger partial charge in [0.15, 0.2) is 0 Å². The first-order valence-electron chi connectivity index (χ1n) is 10.2. The Kier molecular flexibility index (Phi) is 7.15. The molecule has 0 aliphatic rings. The number of aliphatic hydroxyl groups excluding tert-OH is 2. The number of rotatable bonds is 8. The van der Waals surface area contributed by atoms with Gasteiger partial charge in [-0.15, -0.1) is 0 Å². The highest BCUT2D eigenvalue weighted by atomic mass is 19.1. The molecule has 1 heterocycles. The number of carboxylic acids is 1. The lowest BCUT2D eigenvalue weighted by Crippen LogP contribution is -2.19. The second-order valence-corrected chi connectivity index (χ2v) is 7.88. The Morgan fingerprint density at radius 3 is 2.42 bits per heavy atom. The zero-order chi connectivity index (χ0) is 22.5. The quantitative estimate of drug-likeness (QED) is 0.486. The summed E-state index contributed by atoms with van der Waals surface area (Å²) < 4.78 is 13.6. The number of benzene rings is 2. The van der Waals surface area contributed by atoms with Crippen LogP contribution in [0, 0.1) is 5.82 Å². The monoisotopic (exact) mass is 423 g/mol. The number of aliphatic carboxylic acids is 1. The summed E-state index contributed by atoms with van der Waals surface area (Å²) in [7, 11) is 0. The van der Waals surface area contributed by atoms with Crippen LogP contribution >= 0.6 is 0 Å². The van der Waals surface area contributed by atoms with E-state index in [1.807, 2.05) is 38.1 Å². The van der Waals surface area contributed by atoms with Gasteiger partial charge in [0.25, 0.3) is 0 Å². The number of nitrogens with zero attached hydrogens (tertiary/aromatic N) is 1. The topological polar surface area (TPSA) is 90.7 Å². The molecule has 0 bridgehead atoms. The molecular formula is C25H26FNO4. The van der Waals surface area contributed by atoms with Crippen molar-refractivity contribution < 1.29 is 24.5 Å². The van der Waals surface area contributed by atoms with Crippen LogP contribution in [0.4, 0.5) is 4.39 Å². The van der Waals surface area contributed by atoms with Crippen LogP contribution in [0.1, 0.15) is 43.9 Å². The molecule has 0 saturated heterocycles. The van der Waals surface area contributed by atoms with Gasteiger partial charge in [0.2, 0.25) is 0 Å². The molecule has 0 aliphatic heterocycles. The van der Waals surface area contributed by atoms with Crippen LogP contribution in [0.5, 0.6) is 0 Å². The molecule has 5 nitrogen and oxygen atoms in total. The Morgan fingerprint density at radius 1 is 1.10 bits per heavy atom. The second kappa shape index (κ2) is 9.81. The minimum Gasteiger partial charge on any atom is -0.481 e. The average Bonchev–Trinajstić information content (AvgIpc) is 2.71. The SMILES string of the molecule is CC(C)c1nc2ccccc2c(-c2ccc(F)cc2)c1/C=C/[C@@H](O)CC(O)CC(=O)O. The van der Waals surface area contributed by atoms with Gasteiger partial charge in [-0.05, 0) is 29.7 Å². The highest BCUT2D eigenvalue weighted by Crippen LogP contribution is 2.36. The van der Waals surface area contributed by atoms with Crippen LogP contribution in [0.15, 0.2) is 54.6 Å². The lowest BCUT2D eigenvalue weighted by Gasteiger charge is -2.18. The number of hydrogen-bond donors (Lipinski definition) is 3. The van der Waals surface area contributed by atoms with Crippen molar-refractivity contribution in [2.45, 2.75) is 44.8 Å². The Balaban J connectivity index is 2.12. The lowest BCUT2D eigenvalue weighted by molar-refractivity contribution is -0.139. The first-order chi connectivity index (χ1) is 14.8. The summed E-state index contributed by atoms with van der Waals surface area (Å²) in [4.78, 5) is 15.6. The van der Waals surface area contributed by atoms with Crippen LogP contribution in [0.2, 0.25) is 0 Å². The molecule has 3 aromatic rings. The maximum absolute atomic E-state index is 13.6. The number of fused-ring (bicyclic) bond motifs is 1. The van der Waals surface area contributed by atoms with E-state index in [4.69, 9.17) is 10.1 Å². The number of carbonyl (C=O) groups is 1. The van der Waals surface area contributed by atoms with Gasteiger partial charge in [-0.3, -0.25) is 9.78 Å². The Bertz CT molecular complexity index is 1090. The molecule has 6 heteroatoms. The molecule has 0 fully saturated rings. The molecule has 2 aromatic carbocycles. The van der Waals surface area contributed by atoms with E-state index < -0.39 is 24.6 Å². The van der Waals surface area contributed by atoms with Gasteiger partial charge in [0, 0.05) is 22.9 Å². The number of aromatic nitrogens is 1. The van der Waals surface area contributed by atoms with Crippen LogP contribution in [-0.2, 0) is 4.79 Å². The zero-order valence-corrected chi connectivity index (χ0v) is 17.5. The zero-order valence-electron chi connectivity index (χ0n) is 17.5. The van der Waals surface area contributed by atoms with Crippen molar-refractivity contribution in [3.63, 3.8) is 0 Å². The van der Waals surface area contributed by atoms with Crippen molar-refractivity contribution in [2.75, 3.05) is 0 Å². The Labute approximate surface area is 180 Å². The molecule has 0 spiro atoms. The van der Waals surface area contributed by atoms with Crippen LogP contribution in [0.3, 0.4) is 0 Å². The predicted octanol–water partition coefficient (Wildman–Crippen LogP) is 4.76. The van der Waals surface area contributed by atoms with Crippen LogP contribution in [-0.4, -0.2) is 38.5 Å². The average molecular weight is 423 g/mol. The van der Waals surface area contributed by atoms with Gasteiger partial charge in [-0.2, -0.15) is 0 Å². The van der Waals surface area contributed by atoms with Gasteiger partial charge >= 0.3 is 5.97 Å². The molecule has 3 N–H and O–H groups in total. The van der Waals surface area contributed by atoms with E-state index in [0.29, 0.717) is 0 Å². The largest absolute Gasteiger partial charge is 0.481 e. The maximum Gasteiger partial charge on any atom is 0.305 e. The Morgan fingerprint density at radius 2 is 1.77 bits per heavy atom. The summed E-state index contributed by atoms with van der Waals surface area (Å²) in [6, 6.07) is 14.0. The third-order valence-corrected chi connectivity index (χ3v) is 5.05. The van der Waals surface area contributed by atoms with E-state index >= 15 is 0 Å². The standard InChI is InChI=1S/C25H26FNO4/c1-15(2)25-21(12-11-18(28)13-19(29)14-23(30)31)24(16-7-9-17(26)10-8-16)20-5-3-4-6-22(20)27-25/h3-12,15,18-19,28-29H,13-14H2,1-2H3,(H,30,31)/b12-11+/t18-,19?/m1/s1. The number of carboxylic acid groups (broad SMARTS) is 1. The normalized spacial score (nSPS) is 13.7. The number of halogens is 1. The molecule has 3 rings (SSSR count).